The molecule has 2 aromatic heterocycles. The molecule has 19 heavy (non-hydrogen) atoms. The van der Waals surface area contributed by atoms with E-state index < -0.39 is 0 Å². The highest BCUT2D eigenvalue weighted by Crippen LogP contribution is 2.01. The second-order valence-corrected chi connectivity index (χ2v) is 5.26. The fraction of sp³-hybridized carbons (Fsp3) is 0.615. The minimum absolute atomic E-state index is 0.337. The molecule has 2 rings (SSSR count). The largest absolute Gasteiger partial charge is 0.305 e. The fourth-order valence-electron chi connectivity index (χ4n) is 1.94. The van der Waals surface area contributed by atoms with Gasteiger partial charge in [-0.25, -0.2) is 9.67 Å². The first-order chi connectivity index (χ1) is 9.15. The zero-order chi connectivity index (χ0) is 13.7. The van der Waals surface area contributed by atoms with Gasteiger partial charge in [0, 0.05) is 25.0 Å². The van der Waals surface area contributed by atoms with Gasteiger partial charge in [-0.15, -0.1) is 0 Å². The minimum atomic E-state index is 0.337. The Morgan fingerprint density at radius 3 is 2.74 bits per heavy atom. The molecule has 0 aliphatic heterocycles. The van der Waals surface area contributed by atoms with Crippen molar-refractivity contribution in [3.63, 3.8) is 0 Å². The molecule has 0 bridgehead atoms. The third-order valence-corrected chi connectivity index (χ3v) is 2.86. The normalized spacial score (nSPS) is 13.1. The van der Waals surface area contributed by atoms with E-state index >= 15 is 0 Å². The monoisotopic (exact) mass is 262 g/mol. The van der Waals surface area contributed by atoms with E-state index in [4.69, 9.17) is 0 Å². The average molecular weight is 262 g/mol. The zero-order valence-electron chi connectivity index (χ0n) is 11.8. The van der Waals surface area contributed by atoms with Crippen molar-refractivity contribution >= 4 is 0 Å². The second kappa shape index (κ2) is 6.47. The summed E-state index contributed by atoms with van der Waals surface area (Å²) in [6.07, 6.45) is 5.39. The molecule has 0 saturated carbocycles. The van der Waals surface area contributed by atoms with Gasteiger partial charge in [0.15, 0.2) is 0 Å². The van der Waals surface area contributed by atoms with Gasteiger partial charge in [0.05, 0.1) is 13.1 Å². The van der Waals surface area contributed by atoms with Crippen molar-refractivity contribution in [3.8, 4) is 0 Å². The van der Waals surface area contributed by atoms with E-state index in [1.54, 1.807) is 12.5 Å². The van der Waals surface area contributed by atoms with Crippen molar-refractivity contribution in [2.24, 2.45) is 5.92 Å². The SMILES string of the molecule is CC(C)Cn1ncnc1CNC(C)Cn1cccn1. The molecule has 6 heteroatoms. The molecule has 1 N–H and O–H groups in total. The van der Waals surface area contributed by atoms with Crippen LogP contribution in [0.1, 0.15) is 26.6 Å². The van der Waals surface area contributed by atoms with Crippen molar-refractivity contribution in [2.45, 2.75) is 46.4 Å². The Balaban J connectivity index is 1.83. The van der Waals surface area contributed by atoms with Crippen LogP contribution in [0.5, 0.6) is 0 Å². The van der Waals surface area contributed by atoms with Gasteiger partial charge in [-0.2, -0.15) is 10.2 Å². The number of aromatic nitrogens is 5. The molecule has 0 spiro atoms. The van der Waals surface area contributed by atoms with Crippen LogP contribution in [0.2, 0.25) is 0 Å². The van der Waals surface area contributed by atoms with E-state index in [2.05, 4.69) is 41.3 Å². The third-order valence-electron chi connectivity index (χ3n) is 2.86. The molecular weight excluding hydrogens is 240 g/mol. The summed E-state index contributed by atoms with van der Waals surface area (Å²) in [5.41, 5.74) is 0. The van der Waals surface area contributed by atoms with Crippen LogP contribution in [0.3, 0.4) is 0 Å². The van der Waals surface area contributed by atoms with E-state index in [1.807, 2.05) is 21.6 Å². The molecule has 0 amide bonds. The van der Waals surface area contributed by atoms with Gasteiger partial charge in [-0.3, -0.25) is 4.68 Å². The Kier molecular flexibility index (Phi) is 4.68. The topological polar surface area (TPSA) is 60.6 Å². The number of nitrogens with one attached hydrogen (secondary N) is 1. The van der Waals surface area contributed by atoms with Crippen LogP contribution in [0.4, 0.5) is 0 Å². The number of hydrogen-bond acceptors (Lipinski definition) is 4. The molecule has 0 radical (unpaired) electrons. The summed E-state index contributed by atoms with van der Waals surface area (Å²) < 4.78 is 3.90. The lowest BCUT2D eigenvalue weighted by Crippen LogP contribution is -2.31. The van der Waals surface area contributed by atoms with Crippen LogP contribution < -0.4 is 5.32 Å². The third kappa shape index (κ3) is 4.17. The Labute approximate surface area is 113 Å². The minimum Gasteiger partial charge on any atom is -0.305 e. The molecular formula is C13H22N6. The predicted octanol–water partition coefficient (Wildman–Crippen LogP) is 1.31. The van der Waals surface area contributed by atoms with Crippen LogP contribution in [0.25, 0.3) is 0 Å². The lowest BCUT2D eigenvalue weighted by molar-refractivity contribution is 0.420. The maximum absolute atomic E-state index is 4.31. The summed E-state index contributed by atoms with van der Waals surface area (Å²) >= 11 is 0. The first kappa shape index (κ1) is 13.7. The average Bonchev–Trinajstić information content (AvgIpc) is 2.97. The lowest BCUT2D eigenvalue weighted by Gasteiger charge is -2.14. The van der Waals surface area contributed by atoms with Crippen LogP contribution >= 0.6 is 0 Å². The summed E-state index contributed by atoms with van der Waals surface area (Å²) in [5.74, 6) is 1.56. The highest BCUT2D eigenvalue weighted by atomic mass is 15.3. The smallest absolute Gasteiger partial charge is 0.140 e. The summed E-state index contributed by atoms with van der Waals surface area (Å²) in [6.45, 7) is 8.99. The fourth-order valence-corrected chi connectivity index (χ4v) is 1.94. The predicted molar refractivity (Wildman–Crippen MR) is 73.4 cm³/mol. The molecule has 0 saturated heterocycles. The molecule has 6 nitrogen and oxygen atoms in total. The molecule has 104 valence electrons. The van der Waals surface area contributed by atoms with Gasteiger partial charge in [0.1, 0.15) is 12.2 Å². The van der Waals surface area contributed by atoms with Gasteiger partial charge < -0.3 is 5.32 Å². The first-order valence-electron chi connectivity index (χ1n) is 6.72. The molecule has 1 unspecified atom stereocenters. The van der Waals surface area contributed by atoms with Crippen molar-refractivity contribution < 1.29 is 0 Å². The van der Waals surface area contributed by atoms with E-state index in [-0.39, 0.29) is 0 Å². The van der Waals surface area contributed by atoms with Gasteiger partial charge in [0.25, 0.3) is 0 Å². The summed E-state index contributed by atoms with van der Waals surface area (Å²) in [5, 5.41) is 11.9. The molecule has 0 aliphatic carbocycles. The number of hydrogen-bond donors (Lipinski definition) is 1. The van der Waals surface area contributed by atoms with Crippen molar-refractivity contribution in [1.29, 1.82) is 0 Å². The number of nitrogens with zero attached hydrogens (tertiary/aromatic N) is 5. The van der Waals surface area contributed by atoms with Crippen LogP contribution in [0.15, 0.2) is 24.8 Å². The highest BCUT2D eigenvalue weighted by Gasteiger charge is 2.08. The maximum atomic E-state index is 4.31. The first-order valence-corrected chi connectivity index (χ1v) is 6.72. The summed E-state index contributed by atoms with van der Waals surface area (Å²) in [7, 11) is 0. The maximum Gasteiger partial charge on any atom is 0.140 e. The summed E-state index contributed by atoms with van der Waals surface area (Å²) in [6, 6.07) is 2.27. The summed E-state index contributed by atoms with van der Waals surface area (Å²) in [4.78, 5) is 4.31. The van der Waals surface area contributed by atoms with Crippen LogP contribution in [-0.4, -0.2) is 30.6 Å². The zero-order valence-corrected chi connectivity index (χ0v) is 11.8. The van der Waals surface area contributed by atoms with Gasteiger partial charge >= 0.3 is 0 Å². The molecule has 2 heterocycles. The standard InChI is InChI=1S/C13H22N6/c1-11(2)8-19-13(15-10-17-19)7-14-12(3)9-18-6-4-5-16-18/h4-6,10-12,14H,7-9H2,1-3H3. The van der Waals surface area contributed by atoms with Crippen LogP contribution in [0, 0.1) is 5.92 Å². The molecule has 0 aliphatic rings. The van der Waals surface area contributed by atoms with Crippen LogP contribution in [-0.2, 0) is 19.6 Å². The van der Waals surface area contributed by atoms with Crippen molar-refractivity contribution in [3.05, 3.63) is 30.6 Å². The Morgan fingerprint density at radius 1 is 1.21 bits per heavy atom. The van der Waals surface area contributed by atoms with E-state index in [9.17, 15) is 0 Å². The van der Waals surface area contributed by atoms with E-state index in [0.29, 0.717) is 12.0 Å². The molecule has 0 fully saturated rings. The van der Waals surface area contributed by atoms with Gasteiger partial charge in [0.2, 0.25) is 0 Å². The van der Waals surface area contributed by atoms with Crippen molar-refractivity contribution in [2.75, 3.05) is 0 Å². The quantitative estimate of drug-likeness (QED) is 0.817. The second-order valence-electron chi connectivity index (χ2n) is 5.26. The lowest BCUT2D eigenvalue weighted by atomic mass is 10.2. The van der Waals surface area contributed by atoms with Crippen molar-refractivity contribution in [1.82, 2.24) is 29.9 Å². The number of rotatable bonds is 7. The Morgan fingerprint density at radius 2 is 2.05 bits per heavy atom. The van der Waals surface area contributed by atoms with E-state index in [0.717, 1.165) is 25.5 Å². The molecule has 0 aromatic carbocycles. The van der Waals surface area contributed by atoms with Gasteiger partial charge in [-0.05, 0) is 18.9 Å². The Bertz CT molecular complexity index is 473. The Hall–Kier alpha value is -1.69. The highest BCUT2D eigenvalue weighted by molar-refractivity contribution is 4.85. The van der Waals surface area contributed by atoms with E-state index in [1.165, 1.54) is 0 Å². The molecule has 1 atom stereocenters. The van der Waals surface area contributed by atoms with Gasteiger partial charge in [-0.1, -0.05) is 13.8 Å². The molecule has 2 aromatic rings.